The standard InChI is InChI=1S/C12H17N3O/c1-9(2)11-6-12(14-16-11)13-7-10-4-5-15(3)8-10/h4-6,8-9H,7H2,1-3H3,(H,13,14). The number of rotatable bonds is 4. The minimum Gasteiger partial charge on any atom is -0.363 e. The molecule has 2 aromatic heterocycles. The SMILES string of the molecule is CC(C)c1cc(NCc2ccn(C)c2)no1. The Kier molecular flexibility index (Phi) is 2.99. The van der Waals surface area contributed by atoms with Crippen molar-refractivity contribution in [1.82, 2.24) is 9.72 Å². The van der Waals surface area contributed by atoms with Crippen molar-refractivity contribution in [3.63, 3.8) is 0 Å². The van der Waals surface area contributed by atoms with Crippen LogP contribution in [0.25, 0.3) is 0 Å². The molecule has 0 aliphatic rings. The fourth-order valence-corrected chi connectivity index (χ4v) is 1.50. The molecule has 16 heavy (non-hydrogen) atoms. The summed E-state index contributed by atoms with van der Waals surface area (Å²) in [7, 11) is 2.01. The normalized spacial score (nSPS) is 11.0. The van der Waals surface area contributed by atoms with E-state index in [0.717, 1.165) is 18.1 Å². The van der Waals surface area contributed by atoms with E-state index in [-0.39, 0.29) is 0 Å². The summed E-state index contributed by atoms with van der Waals surface area (Å²) in [6.45, 7) is 4.94. The molecular formula is C12H17N3O. The smallest absolute Gasteiger partial charge is 0.169 e. The first kappa shape index (κ1) is 10.8. The van der Waals surface area contributed by atoms with Crippen LogP contribution in [0.1, 0.15) is 31.1 Å². The minimum absolute atomic E-state index is 0.375. The fraction of sp³-hybridized carbons (Fsp3) is 0.417. The molecule has 4 heteroatoms. The molecule has 0 fully saturated rings. The van der Waals surface area contributed by atoms with Gasteiger partial charge in [0.05, 0.1) is 0 Å². The molecule has 0 bridgehead atoms. The molecule has 0 saturated carbocycles. The van der Waals surface area contributed by atoms with E-state index in [1.807, 2.05) is 23.9 Å². The van der Waals surface area contributed by atoms with Crippen molar-refractivity contribution in [3.8, 4) is 0 Å². The molecule has 4 nitrogen and oxygen atoms in total. The van der Waals surface area contributed by atoms with E-state index in [4.69, 9.17) is 4.52 Å². The maximum Gasteiger partial charge on any atom is 0.169 e. The Hall–Kier alpha value is -1.71. The van der Waals surface area contributed by atoms with Crippen molar-refractivity contribution >= 4 is 5.82 Å². The van der Waals surface area contributed by atoms with Gasteiger partial charge in [0.15, 0.2) is 5.82 Å². The van der Waals surface area contributed by atoms with Gasteiger partial charge >= 0.3 is 0 Å². The summed E-state index contributed by atoms with van der Waals surface area (Å²) in [4.78, 5) is 0. The second-order valence-corrected chi connectivity index (χ2v) is 4.31. The van der Waals surface area contributed by atoms with E-state index in [2.05, 4.69) is 36.6 Å². The molecule has 2 rings (SSSR count). The van der Waals surface area contributed by atoms with Gasteiger partial charge in [-0.15, -0.1) is 0 Å². The van der Waals surface area contributed by atoms with Gasteiger partial charge in [0.2, 0.25) is 0 Å². The molecule has 0 atom stereocenters. The number of aryl methyl sites for hydroxylation is 1. The van der Waals surface area contributed by atoms with Gasteiger partial charge in [-0.1, -0.05) is 19.0 Å². The lowest BCUT2D eigenvalue weighted by molar-refractivity contribution is 0.373. The number of hydrogen-bond donors (Lipinski definition) is 1. The van der Waals surface area contributed by atoms with Crippen molar-refractivity contribution in [2.75, 3.05) is 5.32 Å². The van der Waals surface area contributed by atoms with Crippen molar-refractivity contribution in [3.05, 3.63) is 35.9 Å². The van der Waals surface area contributed by atoms with E-state index >= 15 is 0 Å². The molecule has 0 amide bonds. The highest BCUT2D eigenvalue weighted by atomic mass is 16.5. The summed E-state index contributed by atoms with van der Waals surface area (Å²) < 4.78 is 7.23. The summed E-state index contributed by atoms with van der Waals surface area (Å²) in [5, 5.41) is 7.20. The maximum atomic E-state index is 5.20. The number of aromatic nitrogens is 2. The van der Waals surface area contributed by atoms with Crippen LogP contribution < -0.4 is 5.32 Å². The first-order chi connectivity index (χ1) is 7.65. The van der Waals surface area contributed by atoms with Crippen molar-refractivity contribution < 1.29 is 4.52 Å². The summed E-state index contributed by atoms with van der Waals surface area (Å²) in [6.07, 6.45) is 4.11. The quantitative estimate of drug-likeness (QED) is 0.859. The number of anilines is 1. The molecule has 0 radical (unpaired) electrons. The third-order valence-electron chi connectivity index (χ3n) is 2.46. The van der Waals surface area contributed by atoms with Gasteiger partial charge < -0.3 is 14.4 Å². The predicted octanol–water partition coefficient (Wildman–Crippen LogP) is 2.75. The Morgan fingerprint density at radius 1 is 1.50 bits per heavy atom. The Bertz CT molecular complexity index is 456. The van der Waals surface area contributed by atoms with Gasteiger partial charge in [-0.3, -0.25) is 0 Å². The topological polar surface area (TPSA) is 43.0 Å². The van der Waals surface area contributed by atoms with Crippen LogP contribution in [0.3, 0.4) is 0 Å². The Labute approximate surface area is 95.2 Å². The van der Waals surface area contributed by atoms with Gasteiger partial charge in [-0.05, 0) is 11.6 Å². The van der Waals surface area contributed by atoms with Crippen LogP contribution >= 0.6 is 0 Å². The first-order valence-corrected chi connectivity index (χ1v) is 5.46. The van der Waals surface area contributed by atoms with Crippen LogP contribution in [0.5, 0.6) is 0 Å². The van der Waals surface area contributed by atoms with Crippen molar-refractivity contribution in [2.45, 2.75) is 26.3 Å². The summed E-state index contributed by atoms with van der Waals surface area (Å²) in [6, 6.07) is 4.03. The lowest BCUT2D eigenvalue weighted by Crippen LogP contribution is -1.98. The number of hydrogen-bond acceptors (Lipinski definition) is 3. The summed E-state index contributed by atoms with van der Waals surface area (Å²) >= 11 is 0. The first-order valence-electron chi connectivity index (χ1n) is 5.46. The molecule has 0 saturated heterocycles. The van der Waals surface area contributed by atoms with Crippen LogP contribution in [0.4, 0.5) is 5.82 Å². The summed E-state index contributed by atoms with van der Waals surface area (Å²) in [5.41, 5.74) is 1.23. The van der Waals surface area contributed by atoms with E-state index in [1.54, 1.807) is 0 Å². The molecular weight excluding hydrogens is 202 g/mol. The Morgan fingerprint density at radius 3 is 2.88 bits per heavy atom. The highest BCUT2D eigenvalue weighted by Crippen LogP contribution is 2.18. The molecule has 2 aromatic rings. The van der Waals surface area contributed by atoms with Crippen molar-refractivity contribution in [1.29, 1.82) is 0 Å². The van der Waals surface area contributed by atoms with Gasteiger partial charge in [-0.25, -0.2) is 0 Å². The third-order valence-corrected chi connectivity index (χ3v) is 2.46. The molecule has 0 unspecified atom stereocenters. The van der Waals surface area contributed by atoms with Crippen molar-refractivity contribution in [2.24, 2.45) is 7.05 Å². The molecule has 0 aromatic carbocycles. The zero-order chi connectivity index (χ0) is 11.5. The van der Waals surface area contributed by atoms with Crippen LogP contribution in [-0.4, -0.2) is 9.72 Å². The molecule has 0 spiro atoms. The largest absolute Gasteiger partial charge is 0.363 e. The zero-order valence-corrected chi connectivity index (χ0v) is 9.90. The Morgan fingerprint density at radius 2 is 2.31 bits per heavy atom. The molecule has 0 aliphatic heterocycles. The highest BCUT2D eigenvalue weighted by molar-refractivity contribution is 5.35. The molecule has 86 valence electrons. The zero-order valence-electron chi connectivity index (χ0n) is 9.90. The van der Waals surface area contributed by atoms with Gasteiger partial charge in [-0.2, -0.15) is 0 Å². The van der Waals surface area contributed by atoms with Crippen LogP contribution in [0, 0.1) is 0 Å². The van der Waals surface area contributed by atoms with E-state index < -0.39 is 0 Å². The highest BCUT2D eigenvalue weighted by Gasteiger charge is 2.07. The lowest BCUT2D eigenvalue weighted by Gasteiger charge is -1.98. The maximum absolute atomic E-state index is 5.20. The second-order valence-electron chi connectivity index (χ2n) is 4.31. The van der Waals surface area contributed by atoms with Gasteiger partial charge in [0.25, 0.3) is 0 Å². The fourth-order valence-electron chi connectivity index (χ4n) is 1.50. The molecule has 2 heterocycles. The predicted molar refractivity (Wildman–Crippen MR) is 63.3 cm³/mol. The second kappa shape index (κ2) is 4.43. The number of nitrogens with one attached hydrogen (secondary N) is 1. The van der Waals surface area contributed by atoms with E-state index in [9.17, 15) is 0 Å². The monoisotopic (exact) mass is 219 g/mol. The lowest BCUT2D eigenvalue weighted by atomic mass is 10.2. The van der Waals surface area contributed by atoms with Crippen LogP contribution in [0.2, 0.25) is 0 Å². The van der Waals surface area contributed by atoms with E-state index in [0.29, 0.717) is 5.92 Å². The Balaban J connectivity index is 1.94. The van der Waals surface area contributed by atoms with Gasteiger partial charge in [0, 0.05) is 38.0 Å². The number of nitrogens with zero attached hydrogens (tertiary/aromatic N) is 2. The van der Waals surface area contributed by atoms with Gasteiger partial charge in [0.1, 0.15) is 5.76 Å². The van der Waals surface area contributed by atoms with Crippen LogP contribution in [0.15, 0.2) is 29.0 Å². The average Bonchev–Trinajstić information content (AvgIpc) is 2.83. The third kappa shape index (κ3) is 2.45. The molecule has 1 N–H and O–H groups in total. The average molecular weight is 219 g/mol. The molecule has 0 aliphatic carbocycles. The summed E-state index contributed by atoms with van der Waals surface area (Å²) in [5.74, 6) is 2.09. The van der Waals surface area contributed by atoms with E-state index in [1.165, 1.54) is 5.56 Å². The van der Waals surface area contributed by atoms with Crippen LogP contribution in [-0.2, 0) is 13.6 Å². The minimum atomic E-state index is 0.375.